The summed E-state index contributed by atoms with van der Waals surface area (Å²) in [6.07, 6.45) is 0.940. The standard InChI is InChI=1S/C19H22N2O4/c1-4-13-5-8-15(9-6-13)21-18(22)12-20-19(23)14-7-10-16(24-2)17(11-14)25-3/h5-11H,4,12H2,1-3H3,(H,20,23)(H,21,22). The average Bonchev–Trinajstić information content (AvgIpc) is 2.66. The lowest BCUT2D eigenvalue weighted by Gasteiger charge is -2.10. The molecule has 0 saturated carbocycles. The number of methoxy groups -OCH3 is 2. The van der Waals surface area contributed by atoms with Gasteiger partial charge in [0, 0.05) is 11.3 Å². The van der Waals surface area contributed by atoms with Crippen molar-refractivity contribution in [3.63, 3.8) is 0 Å². The van der Waals surface area contributed by atoms with Gasteiger partial charge in [-0.05, 0) is 42.3 Å². The summed E-state index contributed by atoms with van der Waals surface area (Å²) < 4.78 is 10.3. The van der Waals surface area contributed by atoms with Crippen LogP contribution in [-0.4, -0.2) is 32.6 Å². The zero-order valence-corrected chi connectivity index (χ0v) is 14.6. The van der Waals surface area contributed by atoms with Gasteiger partial charge in [-0.1, -0.05) is 19.1 Å². The van der Waals surface area contributed by atoms with Crippen molar-refractivity contribution in [3.8, 4) is 11.5 Å². The van der Waals surface area contributed by atoms with Crippen molar-refractivity contribution in [1.29, 1.82) is 0 Å². The van der Waals surface area contributed by atoms with E-state index in [4.69, 9.17) is 9.47 Å². The van der Waals surface area contributed by atoms with E-state index >= 15 is 0 Å². The summed E-state index contributed by atoms with van der Waals surface area (Å²) in [6, 6.07) is 12.4. The molecule has 0 aliphatic heterocycles. The van der Waals surface area contributed by atoms with Crippen LogP contribution < -0.4 is 20.1 Å². The fourth-order valence-electron chi connectivity index (χ4n) is 2.27. The van der Waals surface area contributed by atoms with Gasteiger partial charge in [0.1, 0.15) is 0 Å². The highest BCUT2D eigenvalue weighted by molar-refractivity contribution is 5.99. The van der Waals surface area contributed by atoms with Crippen molar-refractivity contribution in [2.24, 2.45) is 0 Å². The summed E-state index contributed by atoms with van der Waals surface area (Å²) in [6.45, 7) is 1.94. The Labute approximate surface area is 147 Å². The number of carbonyl (C=O) groups excluding carboxylic acids is 2. The maximum absolute atomic E-state index is 12.2. The average molecular weight is 342 g/mol. The Hall–Kier alpha value is -3.02. The maximum Gasteiger partial charge on any atom is 0.251 e. The number of hydrogen-bond donors (Lipinski definition) is 2. The third-order valence-corrected chi connectivity index (χ3v) is 3.70. The van der Waals surface area contributed by atoms with E-state index < -0.39 is 0 Å². The van der Waals surface area contributed by atoms with Gasteiger partial charge in [-0.2, -0.15) is 0 Å². The minimum absolute atomic E-state index is 0.122. The van der Waals surface area contributed by atoms with Crippen molar-refractivity contribution in [1.82, 2.24) is 5.32 Å². The third-order valence-electron chi connectivity index (χ3n) is 3.70. The van der Waals surface area contributed by atoms with Gasteiger partial charge in [-0.15, -0.1) is 0 Å². The second kappa shape index (κ2) is 8.73. The Bertz CT molecular complexity index is 742. The smallest absolute Gasteiger partial charge is 0.251 e. The Morgan fingerprint density at radius 2 is 1.64 bits per heavy atom. The molecular formula is C19H22N2O4. The van der Waals surface area contributed by atoms with Crippen LogP contribution in [0.5, 0.6) is 11.5 Å². The van der Waals surface area contributed by atoms with Crippen LogP contribution in [0.25, 0.3) is 0 Å². The molecule has 2 aromatic rings. The van der Waals surface area contributed by atoms with Gasteiger partial charge in [0.25, 0.3) is 5.91 Å². The molecule has 2 N–H and O–H groups in total. The van der Waals surface area contributed by atoms with Gasteiger partial charge in [0.05, 0.1) is 20.8 Å². The highest BCUT2D eigenvalue weighted by Gasteiger charge is 2.12. The van der Waals surface area contributed by atoms with Crippen molar-refractivity contribution < 1.29 is 19.1 Å². The van der Waals surface area contributed by atoms with E-state index in [0.29, 0.717) is 22.7 Å². The molecule has 2 aromatic carbocycles. The van der Waals surface area contributed by atoms with Gasteiger partial charge in [0.2, 0.25) is 5.91 Å². The minimum atomic E-state index is -0.363. The number of rotatable bonds is 7. The molecule has 25 heavy (non-hydrogen) atoms. The van der Waals surface area contributed by atoms with Crippen LogP contribution >= 0.6 is 0 Å². The largest absolute Gasteiger partial charge is 0.493 e. The predicted octanol–water partition coefficient (Wildman–Crippen LogP) is 2.63. The predicted molar refractivity (Wildman–Crippen MR) is 96.3 cm³/mol. The number of benzene rings is 2. The lowest BCUT2D eigenvalue weighted by Crippen LogP contribution is -2.32. The summed E-state index contributed by atoms with van der Waals surface area (Å²) in [4.78, 5) is 24.1. The summed E-state index contributed by atoms with van der Waals surface area (Å²) in [5, 5.41) is 5.33. The molecule has 0 unspecified atom stereocenters. The van der Waals surface area contributed by atoms with E-state index in [1.165, 1.54) is 19.8 Å². The number of ether oxygens (including phenoxy) is 2. The molecule has 2 rings (SSSR count). The molecule has 0 atom stereocenters. The number of amides is 2. The quantitative estimate of drug-likeness (QED) is 0.811. The van der Waals surface area contributed by atoms with Crippen molar-refractivity contribution in [2.45, 2.75) is 13.3 Å². The first-order chi connectivity index (χ1) is 12.1. The van der Waals surface area contributed by atoms with Gasteiger partial charge in [0.15, 0.2) is 11.5 Å². The maximum atomic E-state index is 12.2. The normalized spacial score (nSPS) is 10.0. The molecule has 132 valence electrons. The fraction of sp³-hybridized carbons (Fsp3) is 0.263. The van der Waals surface area contributed by atoms with E-state index in [0.717, 1.165) is 6.42 Å². The number of carbonyl (C=O) groups is 2. The first-order valence-corrected chi connectivity index (χ1v) is 7.96. The van der Waals surface area contributed by atoms with E-state index in [1.54, 1.807) is 18.2 Å². The van der Waals surface area contributed by atoms with Crippen molar-refractivity contribution in [2.75, 3.05) is 26.1 Å². The highest BCUT2D eigenvalue weighted by atomic mass is 16.5. The first-order valence-electron chi connectivity index (χ1n) is 7.96. The van der Waals surface area contributed by atoms with E-state index in [-0.39, 0.29) is 18.4 Å². The molecule has 0 bridgehead atoms. The molecule has 0 aromatic heterocycles. The summed E-state index contributed by atoms with van der Waals surface area (Å²) in [7, 11) is 3.02. The van der Waals surface area contributed by atoms with Gasteiger partial charge in [-0.3, -0.25) is 9.59 Å². The van der Waals surface area contributed by atoms with E-state index in [2.05, 4.69) is 17.6 Å². The van der Waals surface area contributed by atoms with Crippen molar-refractivity contribution >= 4 is 17.5 Å². The van der Waals surface area contributed by atoms with Gasteiger partial charge in [-0.25, -0.2) is 0 Å². The minimum Gasteiger partial charge on any atom is -0.493 e. The van der Waals surface area contributed by atoms with Crippen LogP contribution in [0.15, 0.2) is 42.5 Å². The number of hydrogen-bond acceptors (Lipinski definition) is 4. The number of anilines is 1. The molecule has 0 aliphatic rings. The molecule has 0 radical (unpaired) electrons. The van der Waals surface area contributed by atoms with Crippen molar-refractivity contribution in [3.05, 3.63) is 53.6 Å². The summed E-state index contributed by atoms with van der Waals surface area (Å²) >= 11 is 0. The molecule has 0 heterocycles. The molecule has 2 amide bonds. The number of aryl methyl sites for hydroxylation is 1. The lowest BCUT2D eigenvalue weighted by atomic mass is 10.1. The Morgan fingerprint density at radius 3 is 2.24 bits per heavy atom. The Balaban J connectivity index is 1.91. The second-order valence-corrected chi connectivity index (χ2v) is 5.35. The van der Waals surface area contributed by atoms with Crippen LogP contribution in [0.2, 0.25) is 0 Å². The van der Waals surface area contributed by atoms with Crippen LogP contribution in [0, 0.1) is 0 Å². The second-order valence-electron chi connectivity index (χ2n) is 5.35. The first kappa shape index (κ1) is 18.3. The van der Waals surface area contributed by atoms with Crippen LogP contribution in [0.4, 0.5) is 5.69 Å². The highest BCUT2D eigenvalue weighted by Crippen LogP contribution is 2.27. The van der Waals surface area contributed by atoms with Crippen LogP contribution in [0.3, 0.4) is 0 Å². The lowest BCUT2D eigenvalue weighted by molar-refractivity contribution is -0.115. The summed E-state index contributed by atoms with van der Waals surface area (Å²) in [5.41, 5.74) is 2.28. The SMILES string of the molecule is CCc1ccc(NC(=O)CNC(=O)c2ccc(OC)c(OC)c2)cc1. The molecule has 0 spiro atoms. The monoisotopic (exact) mass is 342 g/mol. The molecule has 6 heteroatoms. The number of nitrogens with one attached hydrogen (secondary N) is 2. The Morgan fingerprint density at radius 1 is 0.960 bits per heavy atom. The molecule has 0 saturated heterocycles. The zero-order chi connectivity index (χ0) is 18.2. The Kier molecular flexibility index (Phi) is 6.39. The van der Waals surface area contributed by atoms with Gasteiger partial charge >= 0.3 is 0 Å². The van der Waals surface area contributed by atoms with Gasteiger partial charge < -0.3 is 20.1 Å². The molecule has 6 nitrogen and oxygen atoms in total. The zero-order valence-electron chi connectivity index (χ0n) is 14.6. The molecular weight excluding hydrogens is 320 g/mol. The topological polar surface area (TPSA) is 76.7 Å². The molecule has 0 fully saturated rings. The molecule has 0 aliphatic carbocycles. The van der Waals surface area contributed by atoms with Crippen LogP contribution in [-0.2, 0) is 11.2 Å². The third kappa shape index (κ3) is 4.97. The van der Waals surface area contributed by atoms with Crippen LogP contribution in [0.1, 0.15) is 22.8 Å². The van der Waals surface area contributed by atoms with E-state index in [9.17, 15) is 9.59 Å². The van der Waals surface area contributed by atoms with E-state index in [1.807, 2.05) is 24.3 Å². The summed E-state index contributed by atoms with van der Waals surface area (Å²) in [5.74, 6) is 0.332. The fourth-order valence-corrected chi connectivity index (χ4v) is 2.27.